The number of aliphatic hydroxyl groups is 1. The molecule has 40 heavy (non-hydrogen) atoms. The molecule has 3 N–H and O–H groups in total. The molecule has 1 heterocycles. The molecule has 3 rings (SSSR count). The van der Waals surface area contributed by atoms with Crippen LogP contribution in [0.15, 0.2) is 75.5 Å². The second-order valence-corrected chi connectivity index (χ2v) is 8.22. The number of nitrogens with zero attached hydrogens (tertiary/aromatic N) is 3. The highest BCUT2D eigenvalue weighted by molar-refractivity contribution is 6.12. The molecular formula is C25H24N4O11. The van der Waals surface area contributed by atoms with Crippen LogP contribution in [0.3, 0.4) is 0 Å². The van der Waals surface area contributed by atoms with Crippen LogP contribution < -0.4 is 16.0 Å². The van der Waals surface area contributed by atoms with Crippen LogP contribution in [0.1, 0.15) is 37.3 Å². The standard InChI is InChI=1S/C25H24N4O11/c1-15(39-25(34)28-13-12-20(30)26-24(28)33)14-38-21(31)10-11-22(32)40-19-8-4-17(5-9-19)23(27-35)16-2-6-18(7-3-16)29(36)37/h2-9,12-13,15,25,34-35H,10-11,14H2,1H3,(H,26,30,33)/b27-23+. The summed E-state index contributed by atoms with van der Waals surface area (Å²) in [5.74, 6) is -1.28. The summed E-state index contributed by atoms with van der Waals surface area (Å²) < 4.78 is 16.1. The van der Waals surface area contributed by atoms with Gasteiger partial charge in [-0.05, 0) is 43.3 Å². The van der Waals surface area contributed by atoms with E-state index in [1.807, 2.05) is 4.98 Å². The van der Waals surface area contributed by atoms with Gasteiger partial charge in [0.25, 0.3) is 11.2 Å². The van der Waals surface area contributed by atoms with Gasteiger partial charge in [0, 0.05) is 35.5 Å². The summed E-state index contributed by atoms with van der Waals surface area (Å²) >= 11 is 0. The number of aliphatic hydroxyl groups excluding tert-OH is 1. The van der Waals surface area contributed by atoms with Crippen LogP contribution in [0, 0.1) is 10.1 Å². The highest BCUT2D eigenvalue weighted by Crippen LogP contribution is 2.19. The number of hydrogen-bond acceptors (Lipinski definition) is 12. The fourth-order valence-corrected chi connectivity index (χ4v) is 3.29. The number of nitro benzene ring substituents is 1. The Morgan fingerprint density at radius 2 is 1.62 bits per heavy atom. The first-order chi connectivity index (χ1) is 19.1. The van der Waals surface area contributed by atoms with Crippen LogP contribution >= 0.6 is 0 Å². The lowest BCUT2D eigenvalue weighted by molar-refractivity contribution is -0.384. The first kappa shape index (κ1) is 29.4. The van der Waals surface area contributed by atoms with Crippen molar-refractivity contribution < 1.29 is 39.0 Å². The lowest BCUT2D eigenvalue weighted by Crippen LogP contribution is -2.34. The van der Waals surface area contributed by atoms with Crippen molar-refractivity contribution >= 4 is 23.3 Å². The third-order valence-corrected chi connectivity index (χ3v) is 5.27. The average molecular weight is 556 g/mol. The minimum Gasteiger partial charge on any atom is -0.463 e. The number of oxime groups is 1. The largest absolute Gasteiger partial charge is 0.463 e. The highest BCUT2D eigenvalue weighted by atomic mass is 16.6. The van der Waals surface area contributed by atoms with Crippen molar-refractivity contribution in [3.63, 3.8) is 0 Å². The van der Waals surface area contributed by atoms with Crippen molar-refractivity contribution in [3.8, 4) is 5.75 Å². The predicted octanol–water partition coefficient (Wildman–Crippen LogP) is 1.45. The summed E-state index contributed by atoms with van der Waals surface area (Å²) in [4.78, 5) is 59.1. The molecule has 0 aliphatic rings. The van der Waals surface area contributed by atoms with Crippen LogP contribution in [-0.4, -0.2) is 55.1 Å². The summed E-state index contributed by atoms with van der Waals surface area (Å²) in [6.45, 7) is 1.19. The number of aromatic amines is 1. The molecule has 3 aromatic rings. The Bertz CT molecular complexity index is 1490. The van der Waals surface area contributed by atoms with Crippen LogP contribution in [-0.2, 0) is 19.1 Å². The molecule has 2 unspecified atom stereocenters. The molecule has 15 heteroatoms. The predicted molar refractivity (Wildman–Crippen MR) is 136 cm³/mol. The fourth-order valence-electron chi connectivity index (χ4n) is 3.29. The van der Waals surface area contributed by atoms with E-state index in [-0.39, 0.29) is 36.6 Å². The van der Waals surface area contributed by atoms with E-state index in [4.69, 9.17) is 14.2 Å². The lowest BCUT2D eigenvalue weighted by atomic mass is 10.0. The Kier molecular flexibility index (Phi) is 9.99. The molecule has 0 saturated heterocycles. The number of non-ortho nitro benzene ring substituents is 1. The number of H-pyrrole nitrogens is 1. The van der Waals surface area contributed by atoms with Gasteiger partial charge in [0.1, 0.15) is 18.1 Å². The first-order valence-electron chi connectivity index (χ1n) is 11.7. The summed E-state index contributed by atoms with van der Waals surface area (Å²) in [6, 6.07) is 12.4. The Morgan fingerprint density at radius 1 is 1.02 bits per heavy atom. The minimum absolute atomic E-state index is 0.116. The molecule has 0 saturated carbocycles. The average Bonchev–Trinajstić information content (AvgIpc) is 2.92. The van der Waals surface area contributed by atoms with E-state index in [0.29, 0.717) is 11.1 Å². The number of nitrogens with one attached hydrogen (secondary N) is 1. The summed E-state index contributed by atoms with van der Waals surface area (Å²) in [6.07, 6.45) is -2.11. The molecule has 0 aliphatic heterocycles. The van der Waals surface area contributed by atoms with Gasteiger partial charge in [0.05, 0.1) is 23.9 Å². The first-order valence-corrected chi connectivity index (χ1v) is 11.7. The van der Waals surface area contributed by atoms with Crippen molar-refractivity contribution in [2.24, 2.45) is 5.16 Å². The molecule has 0 fully saturated rings. The number of esters is 2. The third kappa shape index (κ3) is 8.17. The van der Waals surface area contributed by atoms with Gasteiger partial charge in [-0.1, -0.05) is 5.16 Å². The van der Waals surface area contributed by atoms with E-state index in [9.17, 15) is 39.6 Å². The number of hydrogen-bond donors (Lipinski definition) is 3. The molecule has 210 valence electrons. The molecular weight excluding hydrogens is 532 g/mol. The second-order valence-electron chi connectivity index (χ2n) is 8.22. The van der Waals surface area contributed by atoms with Gasteiger partial charge in [0.2, 0.25) is 6.41 Å². The van der Waals surface area contributed by atoms with E-state index in [0.717, 1.165) is 16.8 Å². The molecule has 0 amide bonds. The van der Waals surface area contributed by atoms with Crippen LogP contribution in [0.5, 0.6) is 5.75 Å². The van der Waals surface area contributed by atoms with Crippen LogP contribution in [0.4, 0.5) is 5.69 Å². The zero-order valence-electron chi connectivity index (χ0n) is 21.0. The topological polar surface area (TPSA) is 213 Å². The third-order valence-electron chi connectivity index (χ3n) is 5.27. The van der Waals surface area contributed by atoms with E-state index < -0.39 is 40.6 Å². The van der Waals surface area contributed by atoms with E-state index in [1.165, 1.54) is 55.5 Å². The SMILES string of the molecule is CC(COC(=O)CCC(=O)Oc1ccc(/C(=N/O)c2ccc([N+](=O)[O-])cc2)cc1)OC(O)n1ccc(=O)[nH]c1=O. The smallest absolute Gasteiger partial charge is 0.332 e. The van der Waals surface area contributed by atoms with Crippen molar-refractivity contribution in [2.75, 3.05) is 6.61 Å². The molecule has 0 spiro atoms. The van der Waals surface area contributed by atoms with E-state index in [2.05, 4.69) is 5.16 Å². The molecule has 0 radical (unpaired) electrons. The van der Waals surface area contributed by atoms with Crippen molar-refractivity contribution in [3.05, 3.63) is 103 Å². The molecule has 2 atom stereocenters. The quantitative estimate of drug-likeness (QED) is 0.0552. The van der Waals surface area contributed by atoms with Gasteiger partial charge in [-0.25, -0.2) is 4.79 Å². The fraction of sp³-hybridized carbons (Fsp3) is 0.240. The molecule has 15 nitrogen and oxygen atoms in total. The van der Waals surface area contributed by atoms with Gasteiger partial charge < -0.3 is 24.5 Å². The van der Waals surface area contributed by atoms with Crippen LogP contribution in [0.25, 0.3) is 0 Å². The number of nitro groups is 1. The van der Waals surface area contributed by atoms with Crippen molar-refractivity contribution in [1.29, 1.82) is 0 Å². The van der Waals surface area contributed by atoms with Gasteiger partial charge >= 0.3 is 17.6 Å². The highest BCUT2D eigenvalue weighted by Gasteiger charge is 2.17. The number of carbonyl (C=O) groups excluding carboxylic acids is 2. The van der Waals surface area contributed by atoms with E-state index in [1.54, 1.807) is 0 Å². The number of rotatable bonds is 12. The van der Waals surface area contributed by atoms with E-state index >= 15 is 0 Å². The van der Waals surface area contributed by atoms with Crippen LogP contribution in [0.2, 0.25) is 0 Å². The minimum atomic E-state index is -1.73. The molecule has 0 aliphatic carbocycles. The van der Waals surface area contributed by atoms with Crippen molar-refractivity contribution in [2.45, 2.75) is 32.3 Å². The normalized spacial score (nSPS) is 12.8. The summed E-state index contributed by atoms with van der Waals surface area (Å²) in [7, 11) is 0. The van der Waals surface area contributed by atoms with Gasteiger partial charge in [-0.3, -0.25) is 34.0 Å². The number of aromatic nitrogens is 2. The number of ether oxygens (including phenoxy) is 3. The van der Waals surface area contributed by atoms with Gasteiger partial charge in [0.15, 0.2) is 0 Å². The van der Waals surface area contributed by atoms with Gasteiger partial charge in [-0.15, -0.1) is 0 Å². The number of benzene rings is 2. The summed E-state index contributed by atoms with van der Waals surface area (Å²) in [5.41, 5.74) is -0.622. The summed E-state index contributed by atoms with van der Waals surface area (Å²) in [5, 5.41) is 33.5. The molecule has 2 aromatic carbocycles. The Morgan fingerprint density at radius 3 is 2.20 bits per heavy atom. The second kappa shape index (κ2) is 13.6. The maximum atomic E-state index is 12.1. The Labute approximate surface area is 225 Å². The molecule has 0 bridgehead atoms. The zero-order valence-corrected chi connectivity index (χ0v) is 21.0. The molecule has 1 aromatic heterocycles. The Balaban J connectivity index is 1.44. The number of carbonyl (C=O) groups is 2. The van der Waals surface area contributed by atoms with Gasteiger partial charge in [-0.2, -0.15) is 0 Å². The lowest BCUT2D eigenvalue weighted by Gasteiger charge is -2.19. The maximum absolute atomic E-state index is 12.1. The van der Waals surface area contributed by atoms with Crippen molar-refractivity contribution in [1.82, 2.24) is 9.55 Å². The monoisotopic (exact) mass is 556 g/mol. The maximum Gasteiger partial charge on any atom is 0.332 e. The zero-order chi connectivity index (χ0) is 29.2. The Hall–Kier alpha value is -5.15.